The molecule has 0 radical (unpaired) electrons. The Morgan fingerprint density at radius 3 is 2.54 bits per heavy atom. The van der Waals surface area contributed by atoms with E-state index < -0.39 is 0 Å². The summed E-state index contributed by atoms with van der Waals surface area (Å²) in [5.41, 5.74) is 0. The highest BCUT2D eigenvalue weighted by atomic mass is 35.5. The van der Waals surface area contributed by atoms with Gasteiger partial charge in [0, 0.05) is 12.8 Å². The van der Waals surface area contributed by atoms with Crippen LogP contribution in [0.4, 0.5) is 0 Å². The molecule has 5 heteroatoms. The molecule has 0 bridgehead atoms. The van der Waals surface area contributed by atoms with E-state index in [-0.39, 0.29) is 17.5 Å². The summed E-state index contributed by atoms with van der Waals surface area (Å²) < 4.78 is 5.43. The molecular formula is C8H9ClN2O2. The first-order chi connectivity index (χ1) is 6.24. The smallest absolute Gasteiger partial charge is 0.222 e. The highest BCUT2D eigenvalue weighted by Gasteiger charge is 2.28. The first-order valence-corrected chi connectivity index (χ1v) is 4.44. The van der Waals surface area contributed by atoms with Crippen LogP contribution in [-0.4, -0.2) is 27.3 Å². The Hall–Kier alpha value is -0.870. The molecule has 1 aromatic rings. The van der Waals surface area contributed by atoms with Crippen LogP contribution in [0.25, 0.3) is 0 Å². The van der Waals surface area contributed by atoms with Crippen molar-refractivity contribution in [3.05, 3.63) is 17.7 Å². The average Bonchev–Trinajstić information content (AvgIpc) is 2.06. The van der Waals surface area contributed by atoms with Crippen LogP contribution in [0.15, 0.2) is 12.4 Å². The van der Waals surface area contributed by atoms with Gasteiger partial charge in [0.1, 0.15) is 6.10 Å². The predicted octanol–water partition coefficient (Wildman–Crippen LogP) is 1.03. The third kappa shape index (κ3) is 2.08. The van der Waals surface area contributed by atoms with Crippen LogP contribution in [0.3, 0.4) is 0 Å². The zero-order valence-corrected chi connectivity index (χ0v) is 7.61. The second-order valence-corrected chi connectivity index (χ2v) is 3.39. The quantitative estimate of drug-likeness (QED) is 0.725. The average molecular weight is 201 g/mol. The van der Waals surface area contributed by atoms with Gasteiger partial charge in [-0.1, -0.05) is 0 Å². The molecule has 1 aromatic heterocycles. The van der Waals surface area contributed by atoms with Crippen LogP contribution in [0.2, 0.25) is 5.28 Å². The lowest BCUT2D eigenvalue weighted by Crippen LogP contribution is -2.37. The van der Waals surface area contributed by atoms with E-state index in [0.29, 0.717) is 18.6 Å². The van der Waals surface area contributed by atoms with E-state index in [1.54, 1.807) is 0 Å². The van der Waals surface area contributed by atoms with E-state index in [1.165, 1.54) is 12.4 Å². The van der Waals surface area contributed by atoms with Crippen molar-refractivity contribution >= 4 is 11.6 Å². The first kappa shape index (κ1) is 8.72. The van der Waals surface area contributed by atoms with Gasteiger partial charge in [-0.3, -0.25) is 0 Å². The molecule has 0 spiro atoms. The monoisotopic (exact) mass is 200 g/mol. The molecule has 4 nitrogen and oxygen atoms in total. The van der Waals surface area contributed by atoms with Crippen LogP contribution in [0.1, 0.15) is 12.8 Å². The number of halogens is 1. The van der Waals surface area contributed by atoms with E-state index in [9.17, 15) is 0 Å². The van der Waals surface area contributed by atoms with E-state index in [4.69, 9.17) is 21.4 Å². The Bertz CT molecular complexity index is 285. The fourth-order valence-corrected chi connectivity index (χ4v) is 1.29. The molecular weight excluding hydrogens is 192 g/mol. The summed E-state index contributed by atoms with van der Waals surface area (Å²) in [7, 11) is 0. The molecule has 13 heavy (non-hydrogen) atoms. The van der Waals surface area contributed by atoms with E-state index in [1.807, 2.05) is 0 Å². The van der Waals surface area contributed by atoms with Crippen molar-refractivity contribution < 1.29 is 9.84 Å². The molecule has 0 aromatic carbocycles. The minimum Gasteiger partial charge on any atom is -0.487 e. The van der Waals surface area contributed by atoms with Crippen LogP contribution in [-0.2, 0) is 0 Å². The van der Waals surface area contributed by atoms with Gasteiger partial charge >= 0.3 is 0 Å². The minimum absolute atomic E-state index is 0.0970. The lowest BCUT2D eigenvalue weighted by atomic mass is 9.92. The Morgan fingerprint density at radius 2 is 2.00 bits per heavy atom. The Balaban J connectivity index is 1.91. The lowest BCUT2D eigenvalue weighted by Gasteiger charge is -2.31. The van der Waals surface area contributed by atoms with Gasteiger partial charge in [-0.25, -0.2) is 9.97 Å². The molecule has 1 N–H and O–H groups in total. The van der Waals surface area contributed by atoms with Gasteiger partial charge in [0.25, 0.3) is 0 Å². The second kappa shape index (κ2) is 3.47. The summed E-state index contributed by atoms with van der Waals surface area (Å²) in [6.07, 6.45) is 4.31. The molecule has 2 rings (SSSR count). The van der Waals surface area contributed by atoms with Crippen LogP contribution < -0.4 is 4.74 Å². The molecule has 1 heterocycles. The number of aromatic nitrogens is 2. The van der Waals surface area contributed by atoms with Crippen molar-refractivity contribution in [1.82, 2.24) is 9.97 Å². The maximum absolute atomic E-state index is 9.01. The summed E-state index contributed by atoms with van der Waals surface area (Å²) in [4.78, 5) is 7.55. The molecule has 1 aliphatic carbocycles. The zero-order chi connectivity index (χ0) is 9.26. The SMILES string of the molecule is O[C@H]1C[C@H](Oc2cnc(Cl)nc2)C1. The number of hydrogen-bond acceptors (Lipinski definition) is 4. The lowest BCUT2D eigenvalue weighted by molar-refractivity contribution is -0.0111. The van der Waals surface area contributed by atoms with Crippen LogP contribution in [0, 0.1) is 0 Å². The van der Waals surface area contributed by atoms with Crippen molar-refractivity contribution in [1.29, 1.82) is 0 Å². The maximum Gasteiger partial charge on any atom is 0.222 e. The number of ether oxygens (including phenoxy) is 1. The largest absolute Gasteiger partial charge is 0.487 e. The van der Waals surface area contributed by atoms with E-state index in [2.05, 4.69) is 9.97 Å². The Kier molecular flexibility index (Phi) is 2.33. The Morgan fingerprint density at radius 1 is 1.38 bits per heavy atom. The first-order valence-electron chi connectivity index (χ1n) is 4.06. The van der Waals surface area contributed by atoms with Gasteiger partial charge in [-0.15, -0.1) is 0 Å². The Labute approximate surface area is 80.5 Å². The number of nitrogens with zero attached hydrogens (tertiary/aromatic N) is 2. The molecule has 70 valence electrons. The third-order valence-electron chi connectivity index (χ3n) is 1.97. The van der Waals surface area contributed by atoms with Crippen molar-refractivity contribution in [2.75, 3.05) is 0 Å². The summed E-state index contributed by atoms with van der Waals surface area (Å²) >= 11 is 5.50. The molecule has 1 aliphatic rings. The zero-order valence-electron chi connectivity index (χ0n) is 6.85. The molecule has 0 unspecified atom stereocenters. The van der Waals surface area contributed by atoms with Crippen molar-refractivity contribution in [2.45, 2.75) is 25.0 Å². The standard InChI is InChI=1S/C8H9ClN2O2/c9-8-10-3-7(4-11-8)13-6-1-5(12)2-6/h3-6,12H,1-2H2/t5-,6-. The predicted molar refractivity (Wildman–Crippen MR) is 46.7 cm³/mol. The third-order valence-corrected chi connectivity index (χ3v) is 2.16. The molecule has 0 saturated heterocycles. The topological polar surface area (TPSA) is 55.2 Å². The van der Waals surface area contributed by atoms with Gasteiger partial charge < -0.3 is 9.84 Å². The maximum atomic E-state index is 9.01. The second-order valence-electron chi connectivity index (χ2n) is 3.05. The van der Waals surface area contributed by atoms with Gasteiger partial charge in [0.15, 0.2) is 5.75 Å². The molecule has 0 amide bonds. The number of rotatable bonds is 2. The van der Waals surface area contributed by atoms with Crippen molar-refractivity contribution in [3.63, 3.8) is 0 Å². The summed E-state index contributed by atoms with van der Waals surface area (Å²) in [5.74, 6) is 0.598. The van der Waals surface area contributed by atoms with Gasteiger partial charge in [-0.05, 0) is 11.6 Å². The molecule has 0 atom stereocenters. The highest BCUT2D eigenvalue weighted by molar-refractivity contribution is 6.28. The number of hydrogen-bond donors (Lipinski definition) is 1. The van der Waals surface area contributed by atoms with Gasteiger partial charge in [0.2, 0.25) is 5.28 Å². The number of aliphatic hydroxyl groups excluding tert-OH is 1. The molecule has 1 fully saturated rings. The highest BCUT2D eigenvalue weighted by Crippen LogP contribution is 2.24. The van der Waals surface area contributed by atoms with E-state index in [0.717, 1.165) is 0 Å². The summed E-state index contributed by atoms with van der Waals surface area (Å²) in [6.45, 7) is 0. The van der Waals surface area contributed by atoms with Crippen LogP contribution >= 0.6 is 11.6 Å². The van der Waals surface area contributed by atoms with Gasteiger partial charge in [0.05, 0.1) is 18.5 Å². The fourth-order valence-electron chi connectivity index (χ4n) is 1.19. The van der Waals surface area contributed by atoms with Crippen molar-refractivity contribution in [3.8, 4) is 5.75 Å². The minimum atomic E-state index is -0.210. The van der Waals surface area contributed by atoms with Gasteiger partial charge in [-0.2, -0.15) is 0 Å². The molecule has 1 saturated carbocycles. The van der Waals surface area contributed by atoms with E-state index >= 15 is 0 Å². The van der Waals surface area contributed by atoms with Crippen LogP contribution in [0.5, 0.6) is 5.75 Å². The normalized spacial score (nSPS) is 26.6. The summed E-state index contributed by atoms with van der Waals surface area (Å²) in [5, 5.41) is 9.22. The number of aliphatic hydroxyl groups is 1. The fraction of sp³-hybridized carbons (Fsp3) is 0.500. The molecule has 0 aliphatic heterocycles. The summed E-state index contributed by atoms with van der Waals surface area (Å²) in [6, 6.07) is 0. The van der Waals surface area contributed by atoms with Crippen molar-refractivity contribution in [2.24, 2.45) is 0 Å².